The number of aliphatic hydroxyl groups excluding tert-OH is 1. The molecule has 1 amide bonds. The normalized spacial score (nSPS) is 17.4. The van der Waals surface area contributed by atoms with Gasteiger partial charge in [0.15, 0.2) is 6.23 Å². The zero-order chi connectivity index (χ0) is 28.4. The van der Waals surface area contributed by atoms with Crippen molar-refractivity contribution in [3.63, 3.8) is 0 Å². The Labute approximate surface area is 242 Å². The molecule has 0 saturated heterocycles. The molecule has 0 aliphatic carbocycles. The van der Waals surface area contributed by atoms with Crippen molar-refractivity contribution in [2.75, 3.05) is 27.2 Å². The van der Waals surface area contributed by atoms with E-state index in [1.807, 2.05) is 36.4 Å². The van der Waals surface area contributed by atoms with Gasteiger partial charge in [-0.25, -0.2) is 0 Å². The number of rotatable bonds is 10. The first-order valence-corrected chi connectivity index (χ1v) is 14.2. The number of aromatic amines is 1. The van der Waals surface area contributed by atoms with Crippen LogP contribution in [-0.2, 0) is 6.54 Å². The Hall–Kier alpha value is -3.44. The average molecular weight is 581 g/mol. The molecule has 0 bridgehead atoms. The van der Waals surface area contributed by atoms with Crippen molar-refractivity contribution >= 4 is 46.0 Å². The zero-order valence-electron chi connectivity index (χ0n) is 22.9. The van der Waals surface area contributed by atoms with Crippen molar-refractivity contribution in [3.05, 3.63) is 81.0 Å². The fourth-order valence-corrected chi connectivity index (χ4v) is 5.93. The minimum atomic E-state index is -0.975. The molecule has 3 N–H and O–H groups in total. The Morgan fingerprint density at radius 1 is 1.27 bits per heavy atom. The van der Waals surface area contributed by atoms with Crippen molar-refractivity contribution in [1.82, 2.24) is 25.0 Å². The Kier molecular flexibility index (Phi) is 8.14. The smallest absolute Gasteiger partial charge is 0.258 e. The number of hydrogen-bond donors (Lipinski definition) is 3. The van der Waals surface area contributed by atoms with E-state index >= 15 is 0 Å². The highest BCUT2D eigenvalue weighted by molar-refractivity contribution is 7.16. The van der Waals surface area contributed by atoms with Crippen LogP contribution in [0.3, 0.4) is 0 Å². The van der Waals surface area contributed by atoms with E-state index in [1.54, 1.807) is 17.0 Å². The molecular weight excluding hydrogens is 548 g/mol. The highest BCUT2D eigenvalue weighted by Crippen LogP contribution is 2.31. The Bertz CT molecular complexity index is 1570. The number of aliphatic hydroxyl groups is 1. The Morgan fingerprint density at radius 2 is 2.10 bits per heavy atom. The van der Waals surface area contributed by atoms with Crippen LogP contribution >= 0.6 is 22.9 Å². The average Bonchev–Trinajstić information content (AvgIpc) is 3.63. The summed E-state index contributed by atoms with van der Waals surface area (Å²) in [4.78, 5) is 23.7. The predicted octanol–water partition coefficient (Wildman–Crippen LogP) is 4.89. The molecule has 1 aliphatic heterocycles. The number of carbonyl (C=O) groups excluding carboxylic acids is 1. The summed E-state index contributed by atoms with van der Waals surface area (Å²) in [6.07, 6.45) is 5.52. The molecule has 11 heteroatoms. The van der Waals surface area contributed by atoms with Crippen LogP contribution < -0.4 is 10.1 Å². The van der Waals surface area contributed by atoms with Crippen molar-refractivity contribution in [1.29, 1.82) is 0 Å². The number of fused-ring (bicyclic) bond motifs is 1. The van der Waals surface area contributed by atoms with Crippen LogP contribution in [0.15, 0.2) is 65.6 Å². The largest absolute Gasteiger partial charge is 0.493 e. The van der Waals surface area contributed by atoms with E-state index in [0.717, 1.165) is 33.8 Å². The SMILES string of the molecule is CN(C)CC(C)(C)COc1ccc2[nH]c(C3C=C(NC(=O)c4cnn(Cc5ccc(Cl)s5)c4)C=NC3O)cc2c1. The van der Waals surface area contributed by atoms with E-state index in [0.29, 0.717) is 28.7 Å². The molecule has 0 radical (unpaired) electrons. The topological polar surface area (TPSA) is 108 Å². The summed E-state index contributed by atoms with van der Waals surface area (Å²) < 4.78 is 8.51. The first kappa shape index (κ1) is 28.1. The molecule has 9 nitrogen and oxygen atoms in total. The Balaban J connectivity index is 1.26. The van der Waals surface area contributed by atoms with Crippen LogP contribution in [0.5, 0.6) is 5.75 Å². The van der Waals surface area contributed by atoms with E-state index in [2.05, 4.69) is 53.2 Å². The Morgan fingerprint density at radius 3 is 2.85 bits per heavy atom. The molecular formula is C29H33ClN6O3S. The third kappa shape index (κ3) is 6.82. The molecule has 0 fully saturated rings. The monoisotopic (exact) mass is 580 g/mol. The molecule has 0 saturated carbocycles. The van der Waals surface area contributed by atoms with Crippen molar-refractivity contribution in [3.8, 4) is 5.75 Å². The van der Waals surface area contributed by atoms with Crippen LogP contribution in [0.25, 0.3) is 10.9 Å². The maximum atomic E-state index is 12.9. The minimum Gasteiger partial charge on any atom is -0.493 e. The van der Waals surface area contributed by atoms with Crippen LogP contribution in [0, 0.1) is 5.41 Å². The molecule has 4 aromatic rings. The summed E-state index contributed by atoms with van der Waals surface area (Å²) in [7, 11) is 4.12. The van der Waals surface area contributed by atoms with Gasteiger partial charge in [-0.1, -0.05) is 25.4 Å². The quantitative estimate of drug-likeness (QED) is 0.247. The molecule has 1 aromatic carbocycles. The van der Waals surface area contributed by atoms with E-state index < -0.39 is 12.1 Å². The zero-order valence-corrected chi connectivity index (χ0v) is 24.5. The summed E-state index contributed by atoms with van der Waals surface area (Å²) in [5, 5.41) is 18.8. The van der Waals surface area contributed by atoms with Crippen LogP contribution in [-0.4, -0.2) is 70.4 Å². The van der Waals surface area contributed by atoms with Crippen LogP contribution in [0.1, 0.15) is 40.7 Å². The van der Waals surface area contributed by atoms with Crippen LogP contribution in [0.2, 0.25) is 4.34 Å². The lowest BCUT2D eigenvalue weighted by molar-refractivity contribution is 0.0966. The van der Waals surface area contributed by atoms with Gasteiger partial charge in [-0.2, -0.15) is 5.10 Å². The van der Waals surface area contributed by atoms with E-state index in [4.69, 9.17) is 16.3 Å². The maximum absolute atomic E-state index is 12.9. The number of carbonyl (C=O) groups is 1. The number of allylic oxidation sites excluding steroid dienone is 1. The van der Waals surface area contributed by atoms with Gasteiger partial charge in [-0.3, -0.25) is 14.5 Å². The van der Waals surface area contributed by atoms with Gasteiger partial charge in [0, 0.05) is 45.8 Å². The summed E-state index contributed by atoms with van der Waals surface area (Å²) in [5.74, 6) is 0.0274. The fraction of sp³-hybridized carbons (Fsp3) is 0.345. The number of hydrogen-bond acceptors (Lipinski definition) is 7. The number of H-pyrrole nitrogens is 1. The lowest BCUT2D eigenvalue weighted by atomic mass is 9.94. The summed E-state index contributed by atoms with van der Waals surface area (Å²) in [6.45, 7) is 6.41. The highest BCUT2D eigenvalue weighted by atomic mass is 35.5. The van der Waals surface area contributed by atoms with E-state index in [-0.39, 0.29) is 11.3 Å². The summed E-state index contributed by atoms with van der Waals surface area (Å²) in [6, 6.07) is 11.7. The minimum absolute atomic E-state index is 0.00859. The number of aromatic nitrogens is 3. The lowest BCUT2D eigenvalue weighted by Gasteiger charge is -2.28. The number of nitrogens with one attached hydrogen (secondary N) is 2. The van der Waals surface area contributed by atoms with Gasteiger partial charge in [0.1, 0.15) is 5.75 Å². The second kappa shape index (κ2) is 11.6. The van der Waals surface area contributed by atoms with Gasteiger partial charge in [0.25, 0.3) is 5.91 Å². The number of aliphatic imine (C=N–C) groups is 1. The van der Waals surface area contributed by atoms with Crippen molar-refractivity contribution < 1.29 is 14.6 Å². The maximum Gasteiger partial charge on any atom is 0.258 e. The molecule has 5 rings (SSSR count). The van der Waals surface area contributed by atoms with Gasteiger partial charge in [-0.15, -0.1) is 11.3 Å². The molecule has 2 unspecified atom stereocenters. The van der Waals surface area contributed by atoms with Crippen molar-refractivity contribution in [2.45, 2.75) is 32.5 Å². The van der Waals surface area contributed by atoms with Gasteiger partial charge in [0.05, 0.1) is 40.9 Å². The van der Waals surface area contributed by atoms with Gasteiger partial charge in [-0.05, 0) is 56.6 Å². The highest BCUT2D eigenvalue weighted by Gasteiger charge is 2.25. The first-order valence-electron chi connectivity index (χ1n) is 13.0. The number of ether oxygens (including phenoxy) is 1. The van der Waals surface area contributed by atoms with Gasteiger partial charge < -0.3 is 25.0 Å². The molecule has 4 heterocycles. The number of nitrogens with zero attached hydrogens (tertiary/aromatic N) is 4. The molecule has 1 aliphatic rings. The number of halogens is 1. The standard InChI is InChI=1S/C29H33ClN6O3S/c1-29(2,16-35(3)4)17-39-21-5-7-24-18(9-21)10-25(34-24)23-11-20(13-31-28(23)38)33-27(37)19-12-32-36(14-19)15-22-6-8-26(30)40-22/h5-14,23,28,34,38H,15-17H2,1-4H3,(H,33,37). The summed E-state index contributed by atoms with van der Waals surface area (Å²) >= 11 is 7.48. The van der Waals surface area contributed by atoms with E-state index in [9.17, 15) is 9.90 Å². The molecule has 3 aromatic heterocycles. The molecule has 2 atom stereocenters. The molecule has 210 valence electrons. The number of benzene rings is 1. The third-order valence-corrected chi connectivity index (χ3v) is 7.71. The number of dihydropyridines is 1. The molecule has 0 spiro atoms. The summed E-state index contributed by atoms with van der Waals surface area (Å²) in [5.41, 5.74) is 2.65. The van der Waals surface area contributed by atoms with Crippen molar-refractivity contribution in [2.24, 2.45) is 10.4 Å². The third-order valence-electron chi connectivity index (χ3n) is 6.49. The van der Waals surface area contributed by atoms with Gasteiger partial charge in [0.2, 0.25) is 0 Å². The lowest BCUT2D eigenvalue weighted by Crippen LogP contribution is -2.33. The molecule has 40 heavy (non-hydrogen) atoms. The number of thiophene rings is 1. The van der Waals surface area contributed by atoms with Gasteiger partial charge >= 0.3 is 0 Å². The first-order chi connectivity index (χ1) is 19.0. The second-order valence-corrected chi connectivity index (χ2v) is 12.9. The fourth-order valence-electron chi connectivity index (χ4n) is 4.85. The van der Waals surface area contributed by atoms with Crippen LogP contribution in [0.4, 0.5) is 0 Å². The predicted molar refractivity (Wildman–Crippen MR) is 160 cm³/mol. The number of amides is 1. The van der Waals surface area contributed by atoms with E-state index in [1.165, 1.54) is 23.7 Å². The second-order valence-electron chi connectivity index (χ2n) is 11.1.